The molecule has 23 heavy (non-hydrogen) atoms. The van der Waals surface area contributed by atoms with Crippen LogP contribution >= 0.6 is 0 Å². The van der Waals surface area contributed by atoms with Gasteiger partial charge in [-0.05, 0) is 32.3 Å². The predicted octanol–water partition coefficient (Wildman–Crippen LogP) is 1.95. The number of carboxylic acids is 1. The van der Waals surface area contributed by atoms with Gasteiger partial charge in [0.1, 0.15) is 0 Å². The van der Waals surface area contributed by atoms with Crippen molar-refractivity contribution in [2.75, 3.05) is 6.54 Å². The lowest BCUT2D eigenvalue weighted by Crippen LogP contribution is -2.46. The molecule has 0 bridgehead atoms. The standard InChI is InChI=1S/C17H21NO5/c1-17(2)22-13(14(23-17)16(20)21)15(19)18-10-6-9-12(18)11-7-4-3-5-8-11/h3-5,7-8,12-14H,6,9-10H2,1-2H3,(H,20,21)/t12?,13-,14?/m1/s1. The van der Waals surface area contributed by atoms with Crippen molar-refractivity contribution in [2.24, 2.45) is 0 Å². The van der Waals surface area contributed by atoms with E-state index >= 15 is 0 Å². The molecule has 0 spiro atoms. The molecular weight excluding hydrogens is 298 g/mol. The first kappa shape index (κ1) is 16.0. The van der Waals surface area contributed by atoms with E-state index in [1.165, 1.54) is 0 Å². The number of benzene rings is 1. The van der Waals surface area contributed by atoms with Gasteiger partial charge < -0.3 is 19.5 Å². The van der Waals surface area contributed by atoms with E-state index < -0.39 is 24.0 Å². The molecule has 1 aromatic carbocycles. The van der Waals surface area contributed by atoms with Gasteiger partial charge in [-0.1, -0.05) is 30.3 Å². The van der Waals surface area contributed by atoms with E-state index in [0.717, 1.165) is 18.4 Å². The Morgan fingerprint density at radius 1 is 1.17 bits per heavy atom. The van der Waals surface area contributed by atoms with E-state index in [-0.39, 0.29) is 11.9 Å². The Kier molecular flexibility index (Phi) is 4.12. The second-order valence-corrected chi connectivity index (χ2v) is 6.42. The number of aliphatic carboxylic acids is 1. The number of carbonyl (C=O) groups is 2. The lowest BCUT2D eigenvalue weighted by molar-refractivity contribution is -0.167. The number of nitrogens with zero attached hydrogens (tertiary/aromatic N) is 1. The van der Waals surface area contributed by atoms with Crippen molar-refractivity contribution in [1.29, 1.82) is 0 Å². The molecular formula is C17H21NO5. The third kappa shape index (κ3) is 3.09. The zero-order valence-electron chi connectivity index (χ0n) is 13.3. The Morgan fingerprint density at radius 2 is 1.83 bits per heavy atom. The van der Waals surface area contributed by atoms with Crippen LogP contribution in [0.2, 0.25) is 0 Å². The van der Waals surface area contributed by atoms with Crippen molar-refractivity contribution in [3.63, 3.8) is 0 Å². The van der Waals surface area contributed by atoms with Crippen LogP contribution in [-0.2, 0) is 19.1 Å². The molecule has 0 radical (unpaired) electrons. The molecule has 1 N–H and O–H groups in total. The molecule has 3 rings (SSSR count). The molecule has 2 heterocycles. The lowest BCUT2D eigenvalue weighted by Gasteiger charge is -2.28. The summed E-state index contributed by atoms with van der Waals surface area (Å²) in [7, 11) is 0. The Bertz CT molecular complexity index is 600. The fourth-order valence-corrected chi connectivity index (χ4v) is 3.34. The van der Waals surface area contributed by atoms with Crippen LogP contribution in [0.5, 0.6) is 0 Å². The third-order valence-corrected chi connectivity index (χ3v) is 4.30. The Morgan fingerprint density at radius 3 is 2.48 bits per heavy atom. The molecule has 6 heteroatoms. The summed E-state index contributed by atoms with van der Waals surface area (Å²) in [6, 6.07) is 9.75. The molecule has 2 fully saturated rings. The fraction of sp³-hybridized carbons (Fsp3) is 0.529. The highest BCUT2D eigenvalue weighted by Crippen LogP contribution is 2.36. The summed E-state index contributed by atoms with van der Waals surface area (Å²) < 4.78 is 11.0. The smallest absolute Gasteiger partial charge is 0.336 e. The maximum absolute atomic E-state index is 12.9. The maximum atomic E-state index is 12.9. The number of rotatable bonds is 3. The van der Waals surface area contributed by atoms with Gasteiger partial charge in [0.15, 0.2) is 18.0 Å². The van der Waals surface area contributed by atoms with Gasteiger partial charge in [-0.25, -0.2) is 4.79 Å². The van der Waals surface area contributed by atoms with Gasteiger partial charge >= 0.3 is 5.97 Å². The van der Waals surface area contributed by atoms with Gasteiger partial charge in [0.25, 0.3) is 5.91 Å². The van der Waals surface area contributed by atoms with Crippen molar-refractivity contribution in [1.82, 2.24) is 4.90 Å². The summed E-state index contributed by atoms with van der Waals surface area (Å²) in [6.07, 6.45) is -0.619. The van der Waals surface area contributed by atoms with Crippen LogP contribution < -0.4 is 0 Å². The minimum absolute atomic E-state index is 0.0366. The van der Waals surface area contributed by atoms with Gasteiger partial charge in [-0.15, -0.1) is 0 Å². The zero-order chi connectivity index (χ0) is 16.6. The molecule has 0 aromatic heterocycles. The van der Waals surface area contributed by atoms with Crippen LogP contribution in [0.4, 0.5) is 0 Å². The average molecular weight is 319 g/mol. The highest BCUT2D eigenvalue weighted by molar-refractivity contribution is 5.89. The first-order valence-electron chi connectivity index (χ1n) is 7.83. The van der Waals surface area contributed by atoms with Crippen molar-refractivity contribution in [3.8, 4) is 0 Å². The van der Waals surface area contributed by atoms with Gasteiger partial charge in [0, 0.05) is 6.54 Å². The summed E-state index contributed by atoms with van der Waals surface area (Å²) in [4.78, 5) is 26.0. The number of amides is 1. The van der Waals surface area contributed by atoms with Crippen molar-refractivity contribution < 1.29 is 24.2 Å². The maximum Gasteiger partial charge on any atom is 0.336 e. The van der Waals surface area contributed by atoms with Crippen LogP contribution in [0.25, 0.3) is 0 Å². The molecule has 124 valence electrons. The van der Waals surface area contributed by atoms with E-state index in [0.29, 0.717) is 6.54 Å². The molecule has 2 aliphatic heterocycles. The minimum Gasteiger partial charge on any atom is -0.479 e. The molecule has 2 aliphatic rings. The van der Waals surface area contributed by atoms with Crippen LogP contribution in [0.3, 0.4) is 0 Å². The Balaban J connectivity index is 1.83. The van der Waals surface area contributed by atoms with Crippen LogP contribution in [0.15, 0.2) is 30.3 Å². The first-order chi connectivity index (χ1) is 10.9. The molecule has 3 atom stereocenters. The topological polar surface area (TPSA) is 76.1 Å². The van der Waals surface area contributed by atoms with E-state index in [4.69, 9.17) is 9.47 Å². The quantitative estimate of drug-likeness (QED) is 0.921. The SMILES string of the molecule is CC1(C)OC(C(=O)O)[C@H](C(=O)N2CCCC2c2ccccc2)O1. The van der Waals surface area contributed by atoms with Crippen molar-refractivity contribution in [3.05, 3.63) is 35.9 Å². The van der Waals surface area contributed by atoms with E-state index in [1.807, 2.05) is 30.3 Å². The highest BCUT2D eigenvalue weighted by atomic mass is 16.8. The largest absolute Gasteiger partial charge is 0.479 e. The molecule has 1 amide bonds. The third-order valence-electron chi connectivity index (χ3n) is 4.30. The molecule has 0 aliphatic carbocycles. The predicted molar refractivity (Wildman–Crippen MR) is 81.6 cm³/mol. The molecule has 2 unspecified atom stereocenters. The second-order valence-electron chi connectivity index (χ2n) is 6.42. The van der Waals surface area contributed by atoms with Gasteiger partial charge in [-0.2, -0.15) is 0 Å². The number of hydrogen-bond donors (Lipinski definition) is 1. The van der Waals surface area contributed by atoms with Gasteiger partial charge in [-0.3, -0.25) is 4.79 Å². The fourth-order valence-electron chi connectivity index (χ4n) is 3.34. The number of hydrogen-bond acceptors (Lipinski definition) is 4. The number of ether oxygens (including phenoxy) is 2. The van der Waals surface area contributed by atoms with Crippen LogP contribution in [-0.4, -0.2) is 46.4 Å². The summed E-state index contributed by atoms with van der Waals surface area (Å²) in [5.41, 5.74) is 1.06. The molecule has 1 aromatic rings. The van der Waals surface area contributed by atoms with Crippen molar-refractivity contribution >= 4 is 11.9 Å². The number of carbonyl (C=O) groups excluding carboxylic acids is 1. The summed E-state index contributed by atoms with van der Waals surface area (Å²) in [5.74, 6) is -2.57. The minimum atomic E-state index is -1.27. The van der Waals surface area contributed by atoms with E-state index in [2.05, 4.69) is 0 Å². The Labute approximate surface area is 135 Å². The average Bonchev–Trinajstić information content (AvgIpc) is 3.11. The first-order valence-corrected chi connectivity index (χ1v) is 7.83. The normalized spacial score (nSPS) is 29.7. The summed E-state index contributed by atoms with van der Waals surface area (Å²) in [6.45, 7) is 3.84. The second kappa shape index (κ2) is 5.94. The molecule has 6 nitrogen and oxygen atoms in total. The van der Waals surface area contributed by atoms with Crippen molar-refractivity contribution in [2.45, 2.75) is 50.7 Å². The van der Waals surface area contributed by atoms with Gasteiger partial charge in [0.05, 0.1) is 6.04 Å². The monoisotopic (exact) mass is 319 g/mol. The Hall–Kier alpha value is -1.92. The van der Waals surface area contributed by atoms with Gasteiger partial charge in [0.2, 0.25) is 0 Å². The number of carboxylic acid groups (broad SMARTS) is 1. The summed E-state index contributed by atoms with van der Waals surface area (Å²) >= 11 is 0. The van der Waals surface area contributed by atoms with E-state index in [9.17, 15) is 14.7 Å². The zero-order valence-corrected chi connectivity index (χ0v) is 13.3. The van der Waals surface area contributed by atoms with Crippen LogP contribution in [0, 0.1) is 0 Å². The van der Waals surface area contributed by atoms with Crippen LogP contribution in [0.1, 0.15) is 38.3 Å². The highest BCUT2D eigenvalue weighted by Gasteiger charge is 2.51. The molecule has 0 saturated carbocycles. The molecule has 2 saturated heterocycles. The van der Waals surface area contributed by atoms with E-state index in [1.54, 1.807) is 18.7 Å². The lowest BCUT2D eigenvalue weighted by atomic mass is 10.0. The summed E-state index contributed by atoms with van der Waals surface area (Å²) in [5, 5.41) is 9.31. The number of likely N-dealkylation sites (tertiary alicyclic amines) is 1.